The number of hydrogen-bond acceptors (Lipinski definition) is 3. The molecule has 0 atom stereocenters. The summed E-state index contributed by atoms with van der Waals surface area (Å²) >= 11 is 0. The summed E-state index contributed by atoms with van der Waals surface area (Å²) in [7, 11) is 0. The van der Waals surface area contributed by atoms with E-state index in [9.17, 15) is 0 Å². The van der Waals surface area contributed by atoms with Gasteiger partial charge in [-0.25, -0.2) is 4.89 Å². The number of carbonyl (C=O) groups is 1. The second-order valence-corrected chi connectivity index (χ2v) is 2.72. The summed E-state index contributed by atoms with van der Waals surface area (Å²) in [5.41, 5.74) is -0.403. The molecule has 0 aromatic heterocycles. The molecule has 0 aromatic carbocycles. The molecule has 0 aliphatic rings. The van der Waals surface area contributed by atoms with Crippen LogP contribution in [0.4, 0.5) is 0 Å². The zero-order chi connectivity index (χ0) is 8.78. The minimum Gasteiger partial charge on any atom is -0.481 e. The molecule has 0 rings (SSSR count). The molecule has 0 aliphatic heterocycles. The number of carboxylic acids is 1. The Kier molecular flexibility index (Phi) is 6.29. The largest absolute Gasteiger partial charge is 0.481 e. The van der Waals surface area contributed by atoms with Crippen LogP contribution in [0.1, 0.15) is 27.7 Å². The van der Waals surface area contributed by atoms with Gasteiger partial charge in [0.2, 0.25) is 0 Å². The first-order valence-electron chi connectivity index (χ1n) is 2.81. The first-order valence-corrected chi connectivity index (χ1v) is 2.81. The quantitative estimate of drug-likeness (QED) is 0.404. The predicted octanol–water partition coefficient (Wildman–Crippen LogP) is 1.37. The third-order valence-electron chi connectivity index (χ3n) is 0.274. The summed E-state index contributed by atoms with van der Waals surface area (Å²) < 4.78 is 0. The molecule has 62 valence electrons. The Hall–Kier alpha value is -0.610. The molecule has 0 fully saturated rings. The number of aliphatic carboxylic acids is 1. The Balaban J connectivity index is 0. The van der Waals surface area contributed by atoms with E-state index in [4.69, 9.17) is 15.2 Å². The Morgan fingerprint density at radius 2 is 1.50 bits per heavy atom. The highest BCUT2D eigenvalue weighted by molar-refractivity contribution is 5.62. The van der Waals surface area contributed by atoms with Crippen molar-refractivity contribution >= 4 is 5.97 Å². The molecule has 4 nitrogen and oxygen atoms in total. The van der Waals surface area contributed by atoms with Gasteiger partial charge >= 0.3 is 0 Å². The molecular weight excluding hydrogens is 136 g/mol. The molecule has 4 heteroatoms. The van der Waals surface area contributed by atoms with Crippen LogP contribution in [0.3, 0.4) is 0 Å². The molecule has 0 spiro atoms. The summed E-state index contributed by atoms with van der Waals surface area (Å²) in [5.74, 6) is -0.833. The highest BCUT2D eigenvalue weighted by atomic mass is 17.1. The molecule has 0 bridgehead atoms. The van der Waals surface area contributed by atoms with Crippen LogP contribution in [0.15, 0.2) is 0 Å². The summed E-state index contributed by atoms with van der Waals surface area (Å²) in [5, 5.41) is 15.3. The molecule has 0 heterocycles. The van der Waals surface area contributed by atoms with E-state index in [1.807, 2.05) is 0 Å². The molecule has 0 saturated heterocycles. The van der Waals surface area contributed by atoms with Gasteiger partial charge in [-0.1, -0.05) is 0 Å². The number of hydrogen-bond donors (Lipinski definition) is 2. The lowest BCUT2D eigenvalue weighted by molar-refractivity contribution is -0.306. The first kappa shape index (κ1) is 12.1. The van der Waals surface area contributed by atoms with Crippen LogP contribution in [-0.4, -0.2) is 21.9 Å². The lowest BCUT2D eigenvalue weighted by atomic mass is 10.2. The Labute approximate surface area is 60.4 Å². The SMILES string of the molecule is CC(=O)O.CC(C)(C)OO. The van der Waals surface area contributed by atoms with E-state index in [1.54, 1.807) is 20.8 Å². The van der Waals surface area contributed by atoms with E-state index in [2.05, 4.69) is 4.89 Å². The van der Waals surface area contributed by atoms with Crippen LogP contribution in [0.25, 0.3) is 0 Å². The predicted molar refractivity (Wildman–Crippen MR) is 36.8 cm³/mol. The molecule has 0 aliphatic carbocycles. The molecule has 0 saturated carbocycles. The van der Waals surface area contributed by atoms with Crippen molar-refractivity contribution in [2.24, 2.45) is 0 Å². The minimum atomic E-state index is -0.833. The molecule has 0 radical (unpaired) electrons. The standard InChI is InChI=1S/C4H10O2.C2H4O2/c1-4(2,3)6-5;1-2(3)4/h5H,1-3H3;1H3,(H,3,4). The average molecular weight is 150 g/mol. The zero-order valence-electron chi connectivity index (χ0n) is 6.71. The van der Waals surface area contributed by atoms with Crippen molar-refractivity contribution in [3.05, 3.63) is 0 Å². The van der Waals surface area contributed by atoms with Crippen LogP contribution in [0.5, 0.6) is 0 Å². The lowest BCUT2D eigenvalue weighted by Crippen LogP contribution is -2.15. The smallest absolute Gasteiger partial charge is 0.300 e. The van der Waals surface area contributed by atoms with E-state index in [-0.39, 0.29) is 0 Å². The van der Waals surface area contributed by atoms with Crippen molar-refractivity contribution in [3.63, 3.8) is 0 Å². The summed E-state index contributed by atoms with van der Waals surface area (Å²) in [4.78, 5) is 12.9. The van der Waals surface area contributed by atoms with Crippen LogP contribution in [0, 0.1) is 0 Å². The Bertz CT molecular complexity index is 88.4. The molecular formula is C6H14O4. The lowest BCUT2D eigenvalue weighted by Gasteiger charge is -2.10. The topological polar surface area (TPSA) is 66.8 Å². The van der Waals surface area contributed by atoms with E-state index < -0.39 is 11.6 Å². The van der Waals surface area contributed by atoms with Gasteiger partial charge in [-0.15, -0.1) is 0 Å². The van der Waals surface area contributed by atoms with Crippen molar-refractivity contribution in [1.29, 1.82) is 0 Å². The molecule has 0 aromatic rings. The van der Waals surface area contributed by atoms with Gasteiger partial charge in [0.15, 0.2) is 0 Å². The maximum absolute atomic E-state index is 9.00. The summed E-state index contributed by atoms with van der Waals surface area (Å²) in [6, 6.07) is 0. The van der Waals surface area contributed by atoms with Gasteiger partial charge in [-0.3, -0.25) is 10.1 Å². The molecule has 0 amide bonds. The monoisotopic (exact) mass is 150 g/mol. The van der Waals surface area contributed by atoms with Gasteiger partial charge in [0, 0.05) is 6.92 Å². The molecule has 2 N–H and O–H groups in total. The highest BCUT2D eigenvalue weighted by Gasteiger charge is 2.06. The summed E-state index contributed by atoms with van der Waals surface area (Å²) in [6.45, 7) is 6.40. The van der Waals surface area contributed by atoms with Crippen LogP contribution >= 0.6 is 0 Å². The molecule has 10 heavy (non-hydrogen) atoms. The van der Waals surface area contributed by atoms with E-state index in [0.717, 1.165) is 6.92 Å². The third kappa shape index (κ3) is 52.8. The fourth-order valence-electron chi connectivity index (χ4n) is 0. The van der Waals surface area contributed by atoms with Crippen molar-refractivity contribution in [1.82, 2.24) is 0 Å². The van der Waals surface area contributed by atoms with E-state index in [0.29, 0.717) is 0 Å². The van der Waals surface area contributed by atoms with Gasteiger partial charge in [-0.05, 0) is 20.8 Å². The van der Waals surface area contributed by atoms with Crippen molar-refractivity contribution in [2.45, 2.75) is 33.3 Å². The van der Waals surface area contributed by atoms with Crippen LogP contribution in [0.2, 0.25) is 0 Å². The fourth-order valence-corrected chi connectivity index (χ4v) is 0. The van der Waals surface area contributed by atoms with Gasteiger partial charge in [0.25, 0.3) is 5.97 Å². The number of carboxylic acid groups (broad SMARTS) is 1. The Morgan fingerprint density at radius 3 is 1.50 bits per heavy atom. The second-order valence-electron chi connectivity index (χ2n) is 2.72. The minimum absolute atomic E-state index is 0.403. The Morgan fingerprint density at radius 1 is 1.40 bits per heavy atom. The normalized spacial score (nSPS) is 9.70. The molecule has 0 unspecified atom stereocenters. The zero-order valence-corrected chi connectivity index (χ0v) is 6.71. The number of rotatable bonds is 0. The van der Waals surface area contributed by atoms with Crippen LogP contribution < -0.4 is 0 Å². The summed E-state index contributed by atoms with van der Waals surface area (Å²) in [6.07, 6.45) is 0. The fraction of sp³-hybridized carbons (Fsp3) is 0.833. The highest BCUT2D eigenvalue weighted by Crippen LogP contribution is 2.01. The van der Waals surface area contributed by atoms with Crippen molar-refractivity contribution in [3.8, 4) is 0 Å². The third-order valence-corrected chi connectivity index (χ3v) is 0.274. The van der Waals surface area contributed by atoms with Gasteiger partial charge in [0.05, 0.1) is 5.60 Å². The maximum atomic E-state index is 9.00. The van der Waals surface area contributed by atoms with Gasteiger partial charge < -0.3 is 5.11 Å². The van der Waals surface area contributed by atoms with Crippen LogP contribution in [-0.2, 0) is 9.68 Å². The first-order chi connectivity index (χ1) is 4.29. The average Bonchev–Trinajstić information content (AvgIpc) is 1.63. The second kappa shape index (κ2) is 5.20. The van der Waals surface area contributed by atoms with E-state index >= 15 is 0 Å². The van der Waals surface area contributed by atoms with Gasteiger partial charge in [-0.2, -0.15) is 0 Å². The van der Waals surface area contributed by atoms with E-state index in [1.165, 1.54) is 0 Å². The van der Waals surface area contributed by atoms with Crippen molar-refractivity contribution in [2.75, 3.05) is 0 Å². The van der Waals surface area contributed by atoms with Crippen molar-refractivity contribution < 1.29 is 20.0 Å². The van der Waals surface area contributed by atoms with Gasteiger partial charge in [0.1, 0.15) is 0 Å². The maximum Gasteiger partial charge on any atom is 0.300 e.